The Morgan fingerprint density at radius 1 is 1.27 bits per heavy atom. The van der Waals surface area contributed by atoms with Crippen molar-refractivity contribution in [1.29, 1.82) is 0 Å². The van der Waals surface area contributed by atoms with E-state index in [1.807, 2.05) is 0 Å². The fourth-order valence-electron chi connectivity index (χ4n) is 1.94. The molecule has 1 aromatic rings. The van der Waals surface area contributed by atoms with E-state index in [-0.39, 0.29) is 9.03 Å². The SMILES string of the molecule is C1CCC1.C=Cc1ccnc(NC)n1.OPOC1CCCC1. The van der Waals surface area contributed by atoms with Crippen LogP contribution in [0.15, 0.2) is 18.8 Å². The highest BCUT2D eigenvalue weighted by atomic mass is 31.1. The van der Waals surface area contributed by atoms with E-state index in [2.05, 4.69) is 21.9 Å². The molecule has 124 valence electrons. The Morgan fingerprint density at radius 3 is 2.36 bits per heavy atom. The highest BCUT2D eigenvalue weighted by Crippen LogP contribution is 2.25. The van der Waals surface area contributed by atoms with Crippen molar-refractivity contribution >= 4 is 21.1 Å². The molecule has 2 saturated carbocycles. The van der Waals surface area contributed by atoms with Gasteiger partial charge in [-0.2, -0.15) is 0 Å². The standard InChI is InChI=1S/C7H9N3.C5H11O2P.C4H8/c1-3-6-4-5-9-7(8-2)10-6;6-8-7-5-3-1-2-4-5;1-2-4-3-1/h3-5H,1H2,2H3,(H,8,9,10);5-6,8H,1-4H2;1-4H2. The molecule has 5 nitrogen and oxygen atoms in total. The molecule has 0 saturated heterocycles. The summed E-state index contributed by atoms with van der Waals surface area (Å²) in [4.78, 5) is 16.3. The summed E-state index contributed by atoms with van der Waals surface area (Å²) in [5.41, 5.74) is 0.833. The van der Waals surface area contributed by atoms with E-state index in [1.165, 1.54) is 38.5 Å². The van der Waals surface area contributed by atoms with Crippen molar-refractivity contribution in [2.75, 3.05) is 12.4 Å². The van der Waals surface area contributed by atoms with E-state index >= 15 is 0 Å². The van der Waals surface area contributed by atoms with Gasteiger partial charge in [0, 0.05) is 13.2 Å². The van der Waals surface area contributed by atoms with Gasteiger partial charge in [0.2, 0.25) is 5.95 Å². The van der Waals surface area contributed by atoms with Crippen molar-refractivity contribution in [2.45, 2.75) is 57.5 Å². The Kier molecular flexibility index (Phi) is 10.8. The molecule has 1 heterocycles. The average molecular weight is 325 g/mol. The Balaban J connectivity index is 0.000000179. The normalized spacial score (nSPS) is 17.0. The van der Waals surface area contributed by atoms with Crippen molar-refractivity contribution in [3.63, 3.8) is 0 Å². The Morgan fingerprint density at radius 2 is 1.91 bits per heavy atom. The first-order valence-electron chi connectivity index (χ1n) is 7.98. The molecule has 0 bridgehead atoms. The van der Waals surface area contributed by atoms with Gasteiger partial charge in [-0.3, -0.25) is 0 Å². The summed E-state index contributed by atoms with van der Waals surface area (Å²) in [7, 11) is 1.47. The van der Waals surface area contributed by atoms with E-state index in [0.29, 0.717) is 12.1 Å². The second-order valence-electron chi connectivity index (χ2n) is 5.29. The Bertz CT molecular complexity index is 404. The molecule has 2 N–H and O–H groups in total. The number of hydrogen-bond donors (Lipinski definition) is 2. The van der Waals surface area contributed by atoms with Crippen molar-refractivity contribution in [3.05, 3.63) is 24.5 Å². The molecule has 0 aliphatic heterocycles. The van der Waals surface area contributed by atoms with Gasteiger partial charge in [-0.25, -0.2) is 9.97 Å². The highest BCUT2D eigenvalue weighted by molar-refractivity contribution is 7.25. The zero-order valence-electron chi connectivity index (χ0n) is 13.4. The van der Waals surface area contributed by atoms with E-state index in [0.717, 1.165) is 18.5 Å². The molecule has 0 amide bonds. The third-order valence-corrected chi connectivity index (χ3v) is 4.07. The lowest BCUT2D eigenvalue weighted by Gasteiger charge is -2.05. The lowest BCUT2D eigenvalue weighted by atomic mass is 10.0. The first kappa shape index (κ1) is 19.0. The molecular weight excluding hydrogens is 297 g/mol. The molecule has 6 heteroatoms. The molecule has 0 radical (unpaired) electrons. The van der Waals surface area contributed by atoms with Crippen LogP contribution >= 0.6 is 9.03 Å². The Labute approximate surface area is 135 Å². The van der Waals surface area contributed by atoms with Gasteiger partial charge >= 0.3 is 0 Å². The van der Waals surface area contributed by atoms with Crippen LogP contribution in [0.1, 0.15) is 57.1 Å². The van der Waals surface area contributed by atoms with Gasteiger partial charge in [-0.1, -0.05) is 45.1 Å². The van der Waals surface area contributed by atoms with Crippen molar-refractivity contribution < 1.29 is 9.42 Å². The third kappa shape index (κ3) is 8.42. The molecule has 3 rings (SSSR count). The maximum absolute atomic E-state index is 8.33. The van der Waals surface area contributed by atoms with Crippen LogP contribution in [0.2, 0.25) is 0 Å². The molecule has 1 atom stereocenters. The van der Waals surface area contributed by atoms with Crippen LogP contribution in [0.5, 0.6) is 0 Å². The van der Waals surface area contributed by atoms with Crippen LogP contribution in [0.25, 0.3) is 6.08 Å². The molecule has 1 unspecified atom stereocenters. The monoisotopic (exact) mass is 325 g/mol. The molecule has 2 fully saturated rings. The van der Waals surface area contributed by atoms with Crippen molar-refractivity contribution in [3.8, 4) is 0 Å². The first-order chi connectivity index (χ1) is 10.8. The quantitative estimate of drug-likeness (QED) is 0.813. The smallest absolute Gasteiger partial charge is 0.222 e. The van der Waals surface area contributed by atoms with Gasteiger partial charge < -0.3 is 14.7 Å². The second-order valence-corrected chi connectivity index (χ2v) is 5.71. The van der Waals surface area contributed by atoms with Crippen molar-refractivity contribution in [1.82, 2.24) is 9.97 Å². The topological polar surface area (TPSA) is 67.3 Å². The first-order valence-corrected chi connectivity index (χ1v) is 8.83. The zero-order valence-corrected chi connectivity index (χ0v) is 14.4. The predicted molar refractivity (Wildman–Crippen MR) is 94.0 cm³/mol. The minimum Gasteiger partial charge on any atom is -0.357 e. The second kappa shape index (κ2) is 12.5. The van der Waals surface area contributed by atoms with E-state index < -0.39 is 0 Å². The van der Waals surface area contributed by atoms with Gasteiger partial charge in [0.1, 0.15) is 0 Å². The molecule has 0 aromatic carbocycles. The van der Waals surface area contributed by atoms with Crippen LogP contribution in [0.3, 0.4) is 0 Å². The molecule has 2 aliphatic rings. The van der Waals surface area contributed by atoms with Crippen LogP contribution in [-0.4, -0.2) is 28.0 Å². The minimum absolute atomic E-state index is 0.308. The summed E-state index contributed by atoms with van der Waals surface area (Å²) in [5, 5.41) is 2.83. The summed E-state index contributed by atoms with van der Waals surface area (Å²) in [5.74, 6) is 0.623. The lowest BCUT2D eigenvalue weighted by molar-refractivity contribution is 0.221. The number of rotatable bonds is 4. The molecule has 0 spiro atoms. The van der Waals surface area contributed by atoms with Crippen LogP contribution in [0.4, 0.5) is 5.95 Å². The summed E-state index contributed by atoms with van der Waals surface area (Å²) in [6.07, 6.45) is 14.6. The van der Waals surface area contributed by atoms with Gasteiger partial charge in [0.05, 0.1) is 11.8 Å². The van der Waals surface area contributed by atoms with Crippen LogP contribution in [-0.2, 0) is 4.52 Å². The molecule has 1 aromatic heterocycles. The van der Waals surface area contributed by atoms with Crippen molar-refractivity contribution in [2.24, 2.45) is 0 Å². The summed E-state index contributed by atoms with van der Waals surface area (Å²) < 4.78 is 4.99. The highest BCUT2D eigenvalue weighted by Gasteiger charge is 2.14. The summed E-state index contributed by atoms with van der Waals surface area (Å²) >= 11 is 0. The van der Waals surface area contributed by atoms with E-state index in [1.54, 1.807) is 25.4 Å². The molecule has 22 heavy (non-hydrogen) atoms. The fraction of sp³-hybridized carbons (Fsp3) is 0.625. The zero-order chi connectivity index (χ0) is 16.0. The largest absolute Gasteiger partial charge is 0.357 e. The van der Waals surface area contributed by atoms with Gasteiger partial charge in [0.25, 0.3) is 0 Å². The van der Waals surface area contributed by atoms with Gasteiger partial charge in [-0.05, 0) is 25.0 Å². The average Bonchev–Trinajstić information content (AvgIpc) is 3.00. The maximum Gasteiger partial charge on any atom is 0.222 e. The number of anilines is 1. The molecular formula is C16H28N3O2P. The third-order valence-electron chi connectivity index (χ3n) is 3.63. The lowest BCUT2D eigenvalue weighted by Crippen LogP contribution is -1.99. The Hall–Kier alpha value is -1.03. The summed E-state index contributed by atoms with van der Waals surface area (Å²) in [6.45, 7) is 3.59. The van der Waals surface area contributed by atoms with E-state index in [9.17, 15) is 0 Å². The van der Waals surface area contributed by atoms with E-state index in [4.69, 9.17) is 9.42 Å². The van der Waals surface area contributed by atoms with Crippen LogP contribution < -0.4 is 5.32 Å². The number of aromatic nitrogens is 2. The maximum atomic E-state index is 8.33. The van der Waals surface area contributed by atoms with Crippen LogP contribution in [0, 0.1) is 0 Å². The predicted octanol–water partition coefficient (Wildman–Crippen LogP) is 4.17. The number of hydrogen-bond acceptors (Lipinski definition) is 5. The number of nitrogens with zero attached hydrogens (tertiary/aromatic N) is 2. The fourth-order valence-corrected chi connectivity index (χ4v) is 2.32. The molecule has 2 aliphatic carbocycles. The minimum atomic E-state index is -0.308. The number of nitrogens with one attached hydrogen (secondary N) is 1. The summed E-state index contributed by atoms with van der Waals surface area (Å²) in [6, 6.07) is 1.80. The van der Waals surface area contributed by atoms with Gasteiger partial charge in [-0.15, -0.1) is 0 Å². The van der Waals surface area contributed by atoms with Gasteiger partial charge in [0.15, 0.2) is 9.03 Å².